The number of nitrogens with zero attached hydrogens (tertiary/aromatic N) is 1. The lowest BCUT2D eigenvalue weighted by atomic mass is 9.92. The average Bonchev–Trinajstić information content (AvgIpc) is 2.96. The van der Waals surface area contributed by atoms with Gasteiger partial charge in [0, 0.05) is 18.7 Å². The van der Waals surface area contributed by atoms with Gasteiger partial charge in [0.05, 0.1) is 10.6 Å². The smallest absolute Gasteiger partial charge is 0.326 e. The molecule has 1 heterocycles. The van der Waals surface area contributed by atoms with Gasteiger partial charge in [0.1, 0.15) is 6.04 Å². The van der Waals surface area contributed by atoms with E-state index in [9.17, 15) is 19.5 Å². The topological polar surface area (TPSA) is 86.7 Å². The Balaban J connectivity index is 2.20. The number of hydrogen-bond acceptors (Lipinski definition) is 3. The van der Waals surface area contributed by atoms with Crippen LogP contribution in [0, 0.1) is 5.41 Å². The molecule has 1 unspecified atom stereocenters. The normalized spacial score (nSPS) is 17.4. The molecule has 0 bridgehead atoms. The van der Waals surface area contributed by atoms with Crippen molar-refractivity contribution in [3.05, 3.63) is 28.8 Å². The van der Waals surface area contributed by atoms with Crippen LogP contribution < -0.4 is 5.32 Å². The van der Waals surface area contributed by atoms with Gasteiger partial charge in [0.25, 0.3) is 5.91 Å². The molecule has 25 heavy (non-hydrogen) atoms. The summed E-state index contributed by atoms with van der Waals surface area (Å²) in [5.74, 6) is -1.60. The summed E-state index contributed by atoms with van der Waals surface area (Å²) in [6.45, 7) is 6.27. The predicted octanol–water partition coefficient (Wildman–Crippen LogP) is 3.40. The van der Waals surface area contributed by atoms with Crippen LogP contribution in [0.4, 0.5) is 5.69 Å². The Morgan fingerprint density at radius 2 is 2.00 bits per heavy atom. The van der Waals surface area contributed by atoms with E-state index in [4.69, 9.17) is 11.6 Å². The average molecular weight is 367 g/mol. The zero-order valence-corrected chi connectivity index (χ0v) is 15.4. The first-order valence-corrected chi connectivity index (χ1v) is 8.59. The molecule has 1 saturated heterocycles. The molecule has 2 rings (SSSR count). The minimum Gasteiger partial charge on any atom is -0.480 e. The predicted molar refractivity (Wildman–Crippen MR) is 95.8 cm³/mol. The molecule has 0 saturated carbocycles. The molecule has 1 atom stereocenters. The number of halogens is 1. The van der Waals surface area contributed by atoms with Gasteiger partial charge in [-0.15, -0.1) is 0 Å². The van der Waals surface area contributed by atoms with E-state index in [1.54, 1.807) is 6.07 Å². The number of benzene rings is 1. The van der Waals surface area contributed by atoms with Crippen LogP contribution in [0.15, 0.2) is 18.2 Å². The second-order valence-corrected chi connectivity index (χ2v) is 7.88. The van der Waals surface area contributed by atoms with E-state index in [0.717, 1.165) is 0 Å². The van der Waals surface area contributed by atoms with Crippen LogP contribution in [0.3, 0.4) is 0 Å². The Kier molecular flexibility index (Phi) is 5.72. The summed E-state index contributed by atoms with van der Waals surface area (Å²) in [6.07, 6.45) is 1.41. The van der Waals surface area contributed by atoms with Crippen LogP contribution in [0.1, 0.15) is 50.4 Å². The Morgan fingerprint density at radius 3 is 2.60 bits per heavy atom. The molecular weight excluding hydrogens is 344 g/mol. The van der Waals surface area contributed by atoms with E-state index in [1.165, 1.54) is 17.0 Å². The molecule has 0 aromatic heterocycles. The highest BCUT2D eigenvalue weighted by atomic mass is 35.5. The number of carbonyl (C=O) groups excluding carboxylic acids is 2. The highest BCUT2D eigenvalue weighted by molar-refractivity contribution is 6.34. The quantitative estimate of drug-likeness (QED) is 0.854. The van der Waals surface area contributed by atoms with Crippen molar-refractivity contribution in [1.82, 2.24) is 4.90 Å². The van der Waals surface area contributed by atoms with Crippen molar-refractivity contribution in [1.29, 1.82) is 0 Å². The number of hydrogen-bond donors (Lipinski definition) is 2. The molecule has 1 aliphatic rings. The lowest BCUT2D eigenvalue weighted by molar-refractivity contribution is -0.141. The number of rotatable bonds is 4. The molecule has 0 aliphatic carbocycles. The van der Waals surface area contributed by atoms with Crippen molar-refractivity contribution in [2.45, 2.75) is 46.1 Å². The van der Waals surface area contributed by atoms with Gasteiger partial charge in [0.15, 0.2) is 0 Å². The zero-order chi connectivity index (χ0) is 18.8. The summed E-state index contributed by atoms with van der Waals surface area (Å²) in [4.78, 5) is 37.4. The second-order valence-electron chi connectivity index (χ2n) is 7.48. The molecular formula is C18H23ClN2O4. The van der Waals surface area contributed by atoms with Crippen LogP contribution >= 0.6 is 11.6 Å². The SMILES string of the molecule is CC(C)(C)CC(=O)Nc1ccc(Cl)c(C(=O)N2CCCC2C(=O)O)c1. The molecule has 2 amide bonds. The van der Waals surface area contributed by atoms with Crippen LogP contribution in [-0.4, -0.2) is 40.4 Å². The van der Waals surface area contributed by atoms with Crippen molar-refractivity contribution in [3.8, 4) is 0 Å². The molecule has 7 heteroatoms. The number of carboxylic acid groups (broad SMARTS) is 1. The van der Waals surface area contributed by atoms with Crippen molar-refractivity contribution < 1.29 is 19.5 Å². The highest BCUT2D eigenvalue weighted by Gasteiger charge is 2.35. The van der Waals surface area contributed by atoms with Crippen molar-refractivity contribution in [2.75, 3.05) is 11.9 Å². The van der Waals surface area contributed by atoms with E-state index in [2.05, 4.69) is 5.32 Å². The molecule has 1 aromatic rings. The van der Waals surface area contributed by atoms with Gasteiger partial charge in [-0.25, -0.2) is 4.79 Å². The third-order valence-corrected chi connectivity index (χ3v) is 4.30. The number of aliphatic carboxylic acids is 1. The third-order valence-electron chi connectivity index (χ3n) is 3.97. The van der Waals surface area contributed by atoms with Gasteiger partial charge in [0.2, 0.25) is 5.91 Å². The van der Waals surface area contributed by atoms with Gasteiger partial charge in [-0.3, -0.25) is 9.59 Å². The Bertz CT molecular complexity index is 697. The maximum absolute atomic E-state index is 12.7. The number of anilines is 1. The lowest BCUT2D eigenvalue weighted by Crippen LogP contribution is -2.40. The first kappa shape index (κ1) is 19.2. The fourth-order valence-corrected chi connectivity index (χ4v) is 3.07. The van der Waals surface area contributed by atoms with E-state index >= 15 is 0 Å². The summed E-state index contributed by atoms with van der Waals surface area (Å²) >= 11 is 6.13. The van der Waals surface area contributed by atoms with Crippen LogP contribution in [0.2, 0.25) is 5.02 Å². The van der Waals surface area contributed by atoms with Gasteiger partial charge < -0.3 is 15.3 Å². The van der Waals surface area contributed by atoms with E-state index < -0.39 is 17.9 Å². The summed E-state index contributed by atoms with van der Waals surface area (Å²) in [5.41, 5.74) is 0.510. The van der Waals surface area contributed by atoms with Crippen molar-refractivity contribution >= 4 is 35.1 Å². The molecule has 2 N–H and O–H groups in total. The molecule has 1 aliphatic heterocycles. The number of carboxylic acids is 1. The first-order valence-electron chi connectivity index (χ1n) is 8.22. The lowest BCUT2D eigenvalue weighted by Gasteiger charge is -2.22. The zero-order valence-electron chi connectivity index (χ0n) is 14.6. The Morgan fingerprint density at radius 1 is 1.32 bits per heavy atom. The van der Waals surface area contributed by atoms with Crippen LogP contribution in [0.25, 0.3) is 0 Å². The summed E-state index contributed by atoms with van der Waals surface area (Å²) in [5, 5.41) is 12.2. The maximum Gasteiger partial charge on any atom is 0.326 e. The van der Waals surface area contributed by atoms with Crippen LogP contribution in [0.5, 0.6) is 0 Å². The summed E-state index contributed by atoms with van der Waals surface area (Å²) in [7, 11) is 0. The maximum atomic E-state index is 12.7. The van der Waals surface area contributed by atoms with Gasteiger partial charge in [-0.1, -0.05) is 32.4 Å². The molecule has 1 fully saturated rings. The summed E-state index contributed by atoms with van der Waals surface area (Å²) < 4.78 is 0. The number of amides is 2. The van der Waals surface area contributed by atoms with E-state index in [0.29, 0.717) is 31.5 Å². The van der Waals surface area contributed by atoms with E-state index in [1.807, 2.05) is 20.8 Å². The molecule has 136 valence electrons. The fraction of sp³-hybridized carbons (Fsp3) is 0.500. The highest BCUT2D eigenvalue weighted by Crippen LogP contribution is 2.27. The third kappa shape index (κ3) is 4.95. The number of nitrogens with one attached hydrogen (secondary N) is 1. The standard InChI is InChI=1S/C18H23ClN2O4/c1-18(2,3)10-15(22)20-11-6-7-13(19)12(9-11)16(23)21-8-4-5-14(21)17(24)25/h6-7,9,14H,4-5,8,10H2,1-3H3,(H,20,22)(H,24,25). The number of carbonyl (C=O) groups is 3. The summed E-state index contributed by atoms with van der Waals surface area (Å²) in [6, 6.07) is 3.83. The largest absolute Gasteiger partial charge is 0.480 e. The fourth-order valence-electron chi connectivity index (χ4n) is 2.88. The van der Waals surface area contributed by atoms with Gasteiger partial charge >= 0.3 is 5.97 Å². The minimum absolute atomic E-state index is 0.153. The van der Waals surface area contributed by atoms with Crippen molar-refractivity contribution in [3.63, 3.8) is 0 Å². The minimum atomic E-state index is -1.02. The molecule has 6 nitrogen and oxygen atoms in total. The Hall–Kier alpha value is -2.08. The molecule has 0 radical (unpaired) electrons. The first-order chi connectivity index (χ1) is 11.6. The van der Waals surface area contributed by atoms with Gasteiger partial charge in [-0.2, -0.15) is 0 Å². The Labute approximate surface area is 152 Å². The molecule has 1 aromatic carbocycles. The van der Waals surface area contributed by atoms with Crippen molar-refractivity contribution in [2.24, 2.45) is 5.41 Å². The second kappa shape index (κ2) is 7.44. The van der Waals surface area contributed by atoms with E-state index in [-0.39, 0.29) is 21.9 Å². The number of likely N-dealkylation sites (tertiary alicyclic amines) is 1. The van der Waals surface area contributed by atoms with Crippen LogP contribution in [-0.2, 0) is 9.59 Å². The van der Waals surface area contributed by atoms with Gasteiger partial charge in [-0.05, 0) is 36.5 Å². The molecule has 0 spiro atoms. The monoisotopic (exact) mass is 366 g/mol.